The van der Waals surface area contributed by atoms with Crippen LogP contribution in [0, 0.1) is 0 Å². The van der Waals surface area contributed by atoms with Crippen molar-refractivity contribution < 1.29 is 25.9 Å². The zero-order valence-electron chi connectivity index (χ0n) is 6.91. The molecule has 0 atom stereocenters. The quantitative estimate of drug-likeness (QED) is 0.564. The number of nitrogens with zero attached hydrogens (tertiary/aromatic N) is 1. The van der Waals surface area contributed by atoms with E-state index in [9.17, 15) is 16.8 Å². The van der Waals surface area contributed by atoms with E-state index < -0.39 is 31.9 Å². The van der Waals surface area contributed by atoms with Crippen LogP contribution in [-0.4, -0.2) is 56.1 Å². The van der Waals surface area contributed by atoms with E-state index in [2.05, 4.69) is 0 Å². The van der Waals surface area contributed by atoms with Gasteiger partial charge in [0.25, 0.3) is 20.2 Å². The molecule has 0 aromatic carbocycles. The van der Waals surface area contributed by atoms with Crippen LogP contribution < -0.4 is 0 Å². The van der Waals surface area contributed by atoms with Crippen LogP contribution in [0.25, 0.3) is 0 Å². The summed E-state index contributed by atoms with van der Waals surface area (Å²) in [7, 11) is -6.93. The van der Waals surface area contributed by atoms with Gasteiger partial charge in [-0.15, -0.1) is 0 Å². The Morgan fingerprint density at radius 3 is 1.85 bits per heavy atom. The van der Waals surface area contributed by atoms with E-state index in [0.717, 1.165) is 4.90 Å². The average molecular weight is 233 g/mol. The van der Waals surface area contributed by atoms with Crippen molar-refractivity contribution in [2.75, 3.05) is 25.2 Å². The SMILES string of the molecule is CN(CCS(=O)(=O)O)CS(=O)(=O)O. The van der Waals surface area contributed by atoms with Crippen LogP contribution in [0.15, 0.2) is 0 Å². The maximum Gasteiger partial charge on any atom is 0.278 e. The minimum absolute atomic E-state index is 0.168. The normalized spacial score (nSPS) is 13.5. The van der Waals surface area contributed by atoms with Crippen molar-refractivity contribution in [2.24, 2.45) is 0 Å². The molecule has 0 radical (unpaired) electrons. The summed E-state index contributed by atoms with van der Waals surface area (Å²) in [4.78, 5) is 1.06. The molecular weight excluding hydrogens is 222 g/mol. The third kappa shape index (κ3) is 9.70. The van der Waals surface area contributed by atoms with Crippen molar-refractivity contribution in [3.63, 3.8) is 0 Å². The van der Waals surface area contributed by atoms with Gasteiger partial charge in [0.15, 0.2) is 0 Å². The second-order valence-corrected chi connectivity index (χ2v) is 5.57. The van der Waals surface area contributed by atoms with Crippen LogP contribution in [0.2, 0.25) is 0 Å². The van der Waals surface area contributed by atoms with E-state index in [-0.39, 0.29) is 6.54 Å². The van der Waals surface area contributed by atoms with Crippen molar-refractivity contribution in [2.45, 2.75) is 0 Å². The molecule has 0 saturated carbocycles. The molecule has 2 N–H and O–H groups in total. The van der Waals surface area contributed by atoms with Crippen molar-refractivity contribution in [3.8, 4) is 0 Å². The van der Waals surface area contributed by atoms with E-state index in [1.54, 1.807) is 0 Å². The first kappa shape index (κ1) is 12.8. The van der Waals surface area contributed by atoms with E-state index in [0.29, 0.717) is 0 Å². The minimum Gasteiger partial charge on any atom is -0.290 e. The zero-order chi connectivity index (χ0) is 10.7. The molecule has 0 spiro atoms. The fraction of sp³-hybridized carbons (Fsp3) is 1.00. The predicted molar refractivity (Wildman–Crippen MR) is 45.5 cm³/mol. The lowest BCUT2D eigenvalue weighted by atomic mass is 10.7. The summed E-state index contributed by atoms with van der Waals surface area (Å²) in [6.07, 6.45) is 0. The van der Waals surface area contributed by atoms with Crippen molar-refractivity contribution in [1.29, 1.82) is 0 Å². The Morgan fingerprint density at radius 1 is 1.08 bits per heavy atom. The highest BCUT2D eigenvalue weighted by Crippen LogP contribution is 1.91. The van der Waals surface area contributed by atoms with Crippen molar-refractivity contribution in [3.05, 3.63) is 0 Å². The van der Waals surface area contributed by atoms with Gasteiger partial charge in [-0.1, -0.05) is 0 Å². The average Bonchev–Trinajstić information content (AvgIpc) is 1.78. The van der Waals surface area contributed by atoms with Crippen LogP contribution in [0.4, 0.5) is 0 Å². The van der Waals surface area contributed by atoms with Crippen LogP contribution in [-0.2, 0) is 20.2 Å². The van der Waals surface area contributed by atoms with Gasteiger partial charge in [-0.25, -0.2) is 0 Å². The van der Waals surface area contributed by atoms with E-state index in [1.165, 1.54) is 7.05 Å². The maximum atomic E-state index is 10.3. The summed E-state index contributed by atoms with van der Waals surface area (Å²) in [6.45, 7) is -0.168. The fourth-order valence-corrected chi connectivity index (χ4v) is 1.84. The summed E-state index contributed by atoms with van der Waals surface area (Å²) in [5.41, 5.74) is 0. The molecule has 0 aliphatic rings. The number of hydrogen-bond donors (Lipinski definition) is 2. The zero-order valence-corrected chi connectivity index (χ0v) is 8.55. The third-order valence-electron chi connectivity index (χ3n) is 1.11. The summed E-state index contributed by atoms with van der Waals surface area (Å²) >= 11 is 0. The Morgan fingerprint density at radius 2 is 1.54 bits per heavy atom. The van der Waals surface area contributed by atoms with Gasteiger partial charge in [0.2, 0.25) is 0 Å². The minimum atomic E-state index is -4.14. The second kappa shape index (κ2) is 4.33. The van der Waals surface area contributed by atoms with Gasteiger partial charge < -0.3 is 0 Å². The van der Waals surface area contributed by atoms with Crippen molar-refractivity contribution in [1.82, 2.24) is 4.90 Å². The monoisotopic (exact) mass is 233 g/mol. The van der Waals surface area contributed by atoms with Gasteiger partial charge in [0.05, 0.1) is 5.75 Å². The summed E-state index contributed by atoms with van der Waals surface area (Å²) in [5, 5.41) is 0. The molecule has 7 nitrogen and oxygen atoms in total. The Hall–Kier alpha value is -0.220. The van der Waals surface area contributed by atoms with Gasteiger partial charge in [0, 0.05) is 6.54 Å². The van der Waals surface area contributed by atoms with Gasteiger partial charge in [-0.05, 0) is 7.05 Å². The molecule has 80 valence electrons. The molecular formula is C4H11NO6S2. The standard InChI is InChI=1S/C4H11NO6S2/c1-5(4-13(9,10)11)2-3-12(6,7)8/h2-4H2,1H3,(H,6,7,8)(H,9,10,11). The van der Waals surface area contributed by atoms with Gasteiger partial charge in [-0.2, -0.15) is 16.8 Å². The van der Waals surface area contributed by atoms with Crippen LogP contribution >= 0.6 is 0 Å². The molecule has 0 bridgehead atoms. The topological polar surface area (TPSA) is 112 Å². The van der Waals surface area contributed by atoms with Crippen molar-refractivity contribution >= 4 is 20.2 Å². The van der Waals surface area contributed by atoms with Crippen LogP contribution in [0.1, 0.15) is 0 Å². The molecule has 0 aromatic rings. The highest BCUT2D eigenvalue weighted by Gasteiger charge is 2.12. The smallest absolute Gasteiger partial charge is 0.278 e. The first-order valence-corrected chi connectivity index (χ1v) is 6.41. The molecule has 0 fully saturated rings. The molecule has 13 heavy (non-hydrogen) atoms. The van der Waals surface area contributed by atoms with Crippen LogP contribution in [0.3, 0.4) is 0 Å². The third-order valence-corrected chi connectivity index (χ3v) is 2.58. The summed E-state index contributed by atoms with van der Waals surface area (Å²) < 4.78 is 57.6. The summed E-state index contributed by atoms with van der Waals surface area (Å²) in [6, 6.07) is 0. The highest BCUT2D eigenvalue weighted by atomic mass is 32.2. The molecule has 0 aliphatic carbocycles. The first-order chi connectivity index (χ1) is 5.60. The molecule has 0 unspecified atom stereocenters. The molecule has 0 aliphatic heterocycles. The van der Waals surface area contributed by atoms with Gasteiger partial charge in [0.1, 0.15) is 5.88 Å². The first-order valence-electron chi connectivity index (χ1n) is 3.19. The molecule has 0 heterocycles. The lowest BCUT2D eigenvalue weighted by Gasteiger charge is -2.12. The maximum absolute atomic E-state index is 10.3. The molecule has 0 amide bonds. The van der Waals surface area contributed by atoms with E-state index in [1.807, 2.05) is 0 Å². The molecule has 0 aromatic heterocycles. The second-order valence-electron chi connectivity index (χ2n) is 2.58. The Kier molecular flexibility index (Phi) is 4.26. The van der Waals surface area contributed by atoms with Gasteiger partial charge >= 0.3 is 0 Å². The molecule has 0 saturated heterocycles. The lowest BCUT2D eigenvalue weighted by molar-refractivity contribution is 0.372. The number of hydrogen-bond acceptors (Lipinski definition) is 5. The number of rotatable bonds is 5. The van der Waals surface area contributed by atoms with E-state index in [4.69, 9.17) is 9.11 Å². The lowest BCUT2D eigenvalue weighted by Crippen LogP contribution is -2.30. The summed E-state index contributed by atoms with van der Waals surface area (Å²) in [5.74, 6) is -1.23. The Bertz CT molecular complexity index is 343. The predicted octanol–water partition coefficient (Wildman–Crippen LogP) is -1.35. The molecule has 9 heteroatoms. The Labute approximate surface area is 76.9 Å². The highest BCUT2D eigenvalue weighted by molar-refractivity contribution is 7.86. The Balaban J connectivity index is 3.98. The van der Waals surface area contributed by atoms with Gasteiger partial charge in [-0.3, -0.25) is 14.0 Å². The fourth-order valence-electron chi connectivity index (χ4n) is 0.614. The largest absolute Gasteiger partial charge is 0.290 e. The van der Waals surface area contributed by atoms with E-state index >= 15 is 0 Å². The molecule has 0 rings (SSSR count). The van der Waals surface area contributed by atoms with Crippen LogP contribution in [0.5, 0.6) is 0 Å².